The lowest BCUT2D eigenvalue weighted by Crippen LogP contribution is -2.17. The molecular weight excluding hydrogens is 256 g/mol. The maximum absolute atomic E-state index is 10.7. The Kier molecular flexibility index (Phi) is 5.67. The van der Waals surface area contributed by atoms with E-state index >= 15 is 0 Å². The van der Waals surface area contributed by atoms with Crippen molar-refractivity contribution >= 4 is 6.08 Å². The van der Waals surface area contributed by atoms with Crippen LogP contribution >= 0.6 is 0 Å². The number of aromatic hydroxyl groups is 1. The highest BCUT2D eigenvalue weighted by atomic mass is 16.3. The van der Waals surface area contributed by atoms with Crippen LogP contribution in [0.3, 0.4) is 0 Å². The van der Waals surface area contributed by atoms with Gasteiger partial charge in [-0.15, -0.1) is 0 Å². The molecule has 1 N–H and O–H groups in total. The third-order valence-corrected chi connectivity index (χ3v) is 3.78. The van der Waals surface area contributed by atoms with Crippen molar-refractivity contribution in [2.24, 2.45) is 0 Å². The van der Waals surface area contributed by atoms with Crippen molar-refractivity contribution in [3.05, 3.63) is 34.9 Å². The van der Waals surface area contributed by atoms with E-state index in [9.17, 15) is 5.11 Å². The number of hydrogen-bond donors (Lipinski definition) is 1. The van der Waals surface area contributed by atoms with Crippen LogP contribution in [0.4, 0.5) is 0 Å². The van der Waals surface area contributed by atoms with Crippen LogP contribution in [0.2, 0.25) is 0 Å². The molecule has 0 spiro atoms. The Morgan fingerprint density at radius 1 is 0.952 bits per heavy atom. The molecule has 1 aromatic rings. The highest BCUT2D eigenvalue weighted by Crippen LogP contribution is 2.40. The normalized spacial score (nSPS) is 13.1. The molecule has 1 rings (SSSR count). The highest BCUT2D eigenvalue weighted by Gasteiger charge is 2.26. The Balaban J connectivity index is 3.31. The van der Waals surface area contributed by atoms with E-state index in [1.807, 2.05) is 0 Å². The summed E-state index contributed by atoms with van der Waals surface area (Å²) in [6.45, 7) is 15.1. The lowest BCUT2D eigenvalue weighted by atomic mass is 9.78. The molecule has 0 amide bonds. The zero-order chi connectivity index (χ0) is 16.3. The average molecular weight is 288 g/mol. The van der Waals surface area contributed by atoms with Crippen molar-refractivity contribution in [3.63, 3.8) is 0 Å². The summed E-state index contributed by atoms with van der Waals surface area (Å²) in [4.78, 5) is 0. The molecule has 0 bridgehead atoms. The minimum atomic E-state index is -0.0582. The molecule has 0 radical (unpaired) electrons. The molecule has 0 aliphatic carbocycles. The van der Waals surface area contributed by atoms with Crippen LogP contribution in [0, 0.1) is 0 Å². The smallest absolute Gasteiger partial charge is 0.123 e. The van der Waals surface area contributed by atoms with Gasteiger partial charge >= 0.3 is 0 Å². The van der Waals surface area contributed by atoms with E-state index in [1.54, 1.807) is 0 Å². The molecule has 1 aromatic carbocycles. The number of phenolic OH excluding ortho intramolecular Hbond substituents is 1. The van der Waals surface area contributed by atoms with Gasteiger partial charge in [0, 0.05) is 11.1 Å². The van der Waals surface area contributed by atoms with Gasteiger partial charge < -0.3 is 5.11 Å². The van der Waals surface area contributed by atoms with Gasteiger partial charge in [0.15, 0.2) is 0 Å². The molecule has 0 unspecified atom stereocenters. The summed E-state index contributed by atoms with van der Waals surface area (Å²) in [5.74, 6) is 0.459. The maximum atomic E-state index is 10.7. The van der Waals surface area contributed by atoms with E-state index in [4.69, 9.17) is 0 Å². The van der Waals surface area contributed by atoms with Crippen molar-refractivity contribution in [1.29, 1.82) is 0 Å². The van der Waals surface area contributed by atoms with Gasteiger partial charge in [-0.05, 0) is 34.9 Å². The third-order valence-electron chi connectivity index (χ3n) is 3.78. The third kappa shape index (κ3) is 4.91. The molecule has 0 heterocycles. The zero-order valence-corrected chi connectivity index (χ0v) is 14.9. The SMILES string of the molecule is CCCCC=Cc1cc(C(C)(C)C)c(O)c(C(C)(C)C)c1. The number of unbranched alkanes of at least 4 members (excludes halogenated alkanes) is 2. The van der Waals surface area contributed by atoms with E-state index in [2.05, 4.69) is 72.8 Å². The van der Waals surface area contributed by atoms with Gasteiger partial charge in [-0.2, -0.15) is 0 Å². The summed E-state index contributed by atoms with van der Waals surface area (Å²) >= 11 is 0. The Hall–Kier alpha value is -1.24. The standard InChI is InChI=1S/C20H32O/c1-8-9-10-11-12-15-13-16(19(2,3)4)18(21)17(14-15)20(5,6)7/h11-14,21H,8-10H2,1-7H3. The Bertz CT molecular complexity index is 461. The Labute approximate surface area is 131 Å². The summed E-state index contributed by atoms with van der Waals surface area (Å²) in [7, 11) is 0. The van der Waals surface area contributed by atoms with Crippen LogP contribution in [0.25, 0.3) is 6.08 Å². The Morgan fingerprint density at radius 2 is 1.43 bits per heavy atom. The summed E-state index contributed by atoms with van der Waals surface area (Å²) in [5, 5.41) is 10.7. The molecule has 0 aliphatic rings. The van der Waals surface area contributed by atoms with E-state index in [-0.39, 0.29) is 10.8 Å². The van der Waals surface area contributed by atoms with E-state index in [0.29, 0.717) is 5.75 Å². The number of allylic oxidation sites excluding steroid dienone is 1. The second-order valence-corrected chi connectivity index (χ2v) is 8.01. The second-order valence-electron chi connectivity index (χ2n) is 8.01. The van der Waals surface area contributed by atoms with E-state index in [0.717, 1.165) is 17.5 Å². The van der Waals surface area contributed by atoms with Gasteiger partial charge in [-0.3, -0.25) is 0 Å². The molecule has 0 fully saturated rings. The summed E-state index contributed by atoms with van der Waals surface area (Å²) in [5.41, 5.74) is 3.14. The summed E-state index contributed by atoms with van der Waals surface area (Å²) < 4.78 is 0. The molecule has 0 aromatic heterocycles. The lowest BCUT2D eigenvalue weighted by Gasteiger charge is -2.27. The fourth-order valence-corrected chi connectivity index (χ4v) is 2.44. The topological polar surface area (TPSA) is 20.2 Å². The van der Waals surface area contributed by atoms with Crippen LogP contribution in [-0.2, 0) is 10.8 Å². The summed E-state index contributed by atoms with van der Waals surface area (Å²) in [6, 6.07) is 4.26. The van der Waals surface area contributed by atoms with Gasteiger partial charge in [-0.25, -0.2) is 0 Å². The highest BCUT2D eigenvalue weighted by molar-refractivity contribution is 5.59. The van der Waals surface area contributed by atoms with E-state index < -0.39 is 0 Å². The van der Waals surface area contributed by atoms with Crippen LogP contribution in [-0.4, -0.2) is 5.11 Å². The number of benzene rings is 1. The number of hydrogen-bond acceptors (Lipinski definition) is 1. The molecule has 0 aliphatic heterocycles. The molecular formula is C20H32O. The Morgan fingerprint density at radius 3 is 1.81 bits per heavy atom. The quantitative estimate of drug-likeness (QED) is 0.655. The van der Waals surface area contributed by atoms with Gasteiger partial charge in [0.25, 0.3) is 0 Å². The fraction of sp³-hybridized carbons (Fsp3) is 0.600. The largest absolute Gasteiger partial charge is 0.507 e. The summed E-state index contributed by atoms with van der Waals surface area (Å²) in [6.07, 6.45) is 8.01. The first-order chi connectivity index (χ1) is 9.57. The first-order valence-electron chi connectivity index (χ1n) is 8.12. The van der Waals surface area contributed by atoms with Crippen LogP contribution in [0.15, 0.2) is 18.2 Å². The van der Waals surface area contributed by atoms with Gasteiger partial charge in [0.1, 0.15) is 5.75 Å². The first kappa shape index (κ1) is 17.8. The molecule has 0 atom stereocenters. The molecule has 0 saturated heterocycles. The van der Waals surface area contributed by atoms with Gasteiger partial charge in [0.2, 0.25) is 0 Å². The monoisotopic (exact) mass is 288 g/mol. The van der Waals surface area contributed by atoms with Crippen molar-refractivity contribution in [2.45, 2.75) is 78.6 Å². The van der Waals surface area contributed by atoms with Crippen LogP contribution in [0.1, 0.15) is 84.4 Å². The molecule has 1 heteroatoms. The van der Waals surface area contributed by atoms with E-state index in [1.165, 1.54) is 18.4 Å². The first-order valence-corrected chi connectivity index (χ1v) is 8.12. The molecule has 1 nitrogen and oxygen atoms in total. The molecule has 0 saturated carbocycles. The average Bonchev–Trinajstić information content (AvgIpc) is 2.33. The van der Waals surface area contributed by atoms with Crippen molar-refractivity contribution in [2.75, 3.05) is 0 Å². The predicted molar refractivity (Wildman–Crippen MR) is 94.1 cm³/mol. The van der Waals surface area contributed by atoms with Crippen molar-refractivity contribution in [3.8, 4) is 5.75 Å². The maximum Gasteiger partial charge on any atom is 0.123 e. The van der Waals surface area contributed by atoms with Crippen molar-refractivity contribution in [1.82, 2.24) is 0 Å². The molecule has 21 heavy (non-hydrogen) atoms. The fourth-order valence-electron chi connectivity index (χ4n) is 2.44. The lowest BCUT2D eigenvalue weighted by molar-refractivity contribution is 0.423. The zero-order valence-electron chi connectivity index (χ0n) is 14.9. The van der Waals surface area contributed by atoms with Crippen LogP contribution in [0.5, 0.6) is 5.75 Å². The predicted octanol–water partition coefficient (Wildman–Crippen LogP) is 6.19. The van der Waals surface area contributed by atoms with Crippen molar-refractivity contribution < 1.29 is 5.11 Å². The minimum Gasteiger partial charge on any atom is -0.507 e. The molecule has 118 valence electrons. The second kappa shape index (κ2) is 6.68. The number of phenols is 1. The number of rotatable bonds is 4. The minimum absolute atomic E-state index is 0.0582. The van der Waals surface area contributed by atoms with Gasteiger partial charge in [-0.1, -0.05) is 73.5 Å². The van der Waals surface area contributed by atoms with Crippen LogP contribution < -0.4 is 0 Å². The van der Waals surface area contributed by atoms with Gasteiger partial charge in [0.05, 0.1) is 0 Å².